The minimum atomic E-state index is -0.885. The van der Waals surface area contributed by atoms with Gasteiger partial charge >= 0.3 is 0 Å². The molecule has 1 aliphatic heterocycles. The molecule has 0 spiro atoms. The minimum Gasteiger partial charge on any atom is -0.263 e. The first-order valence-electron chi connectivity index (χ1n) is 8.55. The monoisotopic (exact) mass is 319 g/mol. The number of nitrogens with one attached hydrogen (secondary N) is 2. The first-order valence-corrected chi connectivity index (χ1v) is 8.55. The molecule has 2 unspecified atom stereocenters. The molecule has 5 fully saturated rings. The normalized spacial score (nSPS) is 44.8. The van der Waals surface area contributed by atoms with Crippen LogP contribution in [0.15, 0.2) is 0 Å². The SMILES string of the molecule is O=[N+]([O-])C1NNCC1c1nnn(C23CC4CC(CC(C4)C2)C3)n1. The van der Waals surface area contributed by atoms with Crippen LogP contribution in [0, 0.1) is 27.9 Å². The number of rotatable bonds is 3. The van der Waals surface area contributed by atoms with Crippen molar-refractivity contribution in [1.29, 1.82) is 0 Å². The summed E-state index contributed by atoms with van der Waals surface area (Å²) in [5.41, 5.74) is 5.54. The van der Waals surface area contributed by atoms with Crippen LogP contribution >= 0.6 is 0 Å². The summed E-state index contributed by atoms with van der Waals surface area (Å²) < 4.78 is 0. The molecule has 0 aromatic carbocycles. The molecule has 1 saturated heterocycles. The van der Waals surface area contributed by atoms with Crippen molar-refractivity contribution in [2.75, 3.05) is 6.54 Å². The molecule has 9 nitrogen and oxygen atoms in total. The fourth-order valence-electron chi connectivity index (χ4n) is 5.80. The molecular formula is C14H21N7O2. The Balaban J connectivity index is 1.45. The molecule has 4 bridgehead atoms. The van der Waals surface area contributed by atoms with Gasteiger partial charge in [-0.1, -0.05) is 0 Å². The third kappa shape index (κ3) is 2.02. The van der Waals surface area contributed by atoms with Crippen LogP contribution in [0.1, 0.15) is 50.3 Å². The van der Waals surface area contributed by atoms with Gasteiger partial charge in [0, 0.05) is 11.5 Å². The van der Waals surface area contributed by atoms with E-state index >= 15 is 0 Å². The number of hydrogen-bond acceptors (Lipinski definition) is 7. The zero-order chi connectivity index (χ0) is 15.6. The highest BCUT2D eigenvalue weighted by Gasteiger charge is 2.53. The van der Waals surface area contributed by atoms with E-state index in [2.05, 4.69) is 26.3 Å². The third-order valence-electron chi connectivity index (χ3n) is 6.37. The van der Waals surface area contributed by atoms with E-state index in [1.165, 1.54) is 19.3 Å². The number of nitro groups is 1. The van der Waals surface area contributed by atoms with Gasteiger partial charge in [-0.15, -0.1) is 10.2 Å². The lowest BCUT2D eigenvalue weighted by molar-refractivity contribution is -0.530. The Hall–Kier alpha value is -1.61. The highest BCUT2D eigenvalue weighted by Crippen LogP contribution is 2.58. The number of nitrogens with zero attached hydrogens (tertiary/aromatic N) is 5. The van der Waals surface area contributed by atoms with Crippen molar-refractivity contribution in [1.82, 2.24) is 31.1 Å². The van der Waals surface area contributed by atoms with E-state index in [1.54, 1.807) is 0 Å². The zero-order valence-corrected chi connectivity index (χ0v) is 12.9. The molecule has 124 valence electrons. The molecule has 1 aromatic heterocycles. The Morgan fingerprint density at radius 1 is 1.17 bits per heavy atom. The first kappa shape index (κ1) is 13.8. The van der Waals surface area contributed by atoms with Gasteiger partial charge < -0.3 is 0 Å². The van der Waals surface area contributed by atoms with Gasteiger partial charge in [-0.3, -0.25) is 15.5 Å². The van der Waals surface area contributed by atoms with Crippen LogP contribution in [0.5, 0.6) is 0 Å². The molecule has 0 radical (unpaired) electrons. The molecule has 4 saturated carbocycles. The highest BCUT2D eigenvalue weighted by atomic mass is 16.6. The summed E-state index contributed by atoms with van der Waals surface area (Å²) >= 11 is 0. The summed E-state index contributed by atoms with van der Waals surface area (Å²) in [5, 5.41) is 24.3. The number of tetrazole rings is 1. The van der Waals surface area contributed by atoms with Crippen molar-refractivity contribution in [3.63, 3.8) is 0 Å². The van der Waals surface area contributed by atoms with Crippen LogP contribution in [-0.4, -0.2) is 37.8 Å². The largest absolute Gasteiger partial charge is 0.289 e. The van der Waals surface area contributed by atoms with Crippen LogP contribution < -0.4 is 10.9 Å². The molecule has 1 aromatic rings. The Morgan fingerprint density at radius 3 is 2.43 bits per heavy atom. The van der Waals surface area contributed by atoms with E-state index in [0.717, 1.165) is 37.0 Å². The topological polar surface area (TPSA) is 111 Å². The molecule has 5 aliphatic rings. The quantitative estimate of drug-likeness (QED) is 0.612. The van der Waals surface area contributed by atoms with Crippen molar-refractivity contribution >= 4 is 0 Å². The van der Waals surface area contributed by atoms with E-state index in [-0.39, 0.29) is 16.4 Å². The summed E-state index contributed by atoms with van der Waals surface area (Å²) in [7, 11) is 0. The van der Waals surface area contributed by atoms with Crippen molar-refractivity contribution < 1.29 is 4.92 Å². The molecule has 0 amide bonds. The molecule has 4 aliphatic carbocycles. The van der Waals surface area contributed by atoms with Crippen LogP contribution in [0.2, 0.25) is 0 Å². The Labute approximate surface area is 133 Å². The molecule has 2 atom stereocenters. The predicted molar refractivity (Wildman–Crippen MR) is 78.6 cm³/mol. The second kappa shape index (κ2) is 4.70. The molecule has 9 heteroatoms. The smallest absolute Gasteiger partial charge is 0.263 e. The van der Waals surface area contributed by atoms with Gasteiger partial charge in [0.25, 0.3) is 6.17 Å². The maximum Gasteiger partial charge on any atom is 0.289 e. The van der Waals surface area contributed by atoms with Gasteiger partial charge in [0.2, 0.25) is 0 Å². The van der Waals surface area contributed by atoms with Gasteiger partial charge in [-0.25, -0.2) is 0 Å². The van der Waals surface area contributed by atoms with Crippen molar-refractivity contribution in [2.45, 2.75) is 56.1 Å². The number of hydrogen-bond donors (Lipinski definition) is 2. The fourth-order valence-corrected chi connectivity index (χ4v) is 5.80. The van der Waals surface area contributed by atoms with Crippen molar-refractivity contribution in [3.8, 4) is 0 Å². The summed E-state index contributed by atoms with van der Waals surface area (Å²) in [6, 6.07) is 0. The second-order valence-corrected chi connectivity index (χ2v) is 7.94. The number of hydrazine groups is 1. The minimum absolute atomic E-state index is 0.0174. The van der Waals surface area contributed by atoms with Gasteiger partial charge in [0.1, 0.15) is 5.92 Å². The maximum absolute atomic E-state index is 11.1. The van der Waals surface area contributed by atoms with Crippen molar-refractivity contribution in [2.24, 2.45) is 17.8 Å². The average molecular weight is 319 g/mol. The van der Waals surface area contributed by atoms with Crippen LogP contribution in [-0.2, 0) is 5.54 Å². The standard InChI is InChI=1S/C14H21N7O2/c22-20(23)13-11(7-15-17-13)12-16-19-21(18-12)14-4-8-1-9(5-14)3-10(2-8)6-14/h8-11,13,15,17H,1-7H2. The van der Waals surface area contributed by atoms with Gasteiger partial charge in [-0.2, -0.15) is 10.2 Å². The van der Waals surface area contributed by atoms with Gasteiger partial charge in [0.15, 0.2) is 5.82 Å². The van der Waals surface area contributed by atoms with E-state index in [0.29, 0.717) is 12.4 Å². The van der Waals surface area contributed by atoms with E-state index < -0.39 is 6.17 Å². The van der Waals surface area contributed by atoms with Crippen molar-refractivity contribution in [3.05, 3.63) is 15.9 Å². The molecule has 2 heterocycles. The predicted octanol–water partition coefficient (Wildman–Crippen LogP) is 0.393. The Bertz CT molecular complexity index is 610. The first-order chi connectivity index (χ1) is 11.1. The van der Waals surface area contributed by atoms with Crippen LogP contribution in [0.3, 0.4) is 0 Å². The summed E-state index contributed by atoms with van der Waals surface area (Å²) in [4.78, 5) is 12.6. The summed E-state index contributed by atoms with van der Waals surface area (Å²) in [6.07, 6.45) is 6.64. The lowest BCUT2D eigenvalue weighted by Crippen LogP contribution is -2.52. The zero-order valence-electron chi connectivity index (χ0n) is 12.9. The van der Waals surface area contributed by atoms with Gasteiger partial charge in [-0.05, 0) is 61.5 Å². The Morgan fingerprint density at radius 2 is 1.83 bits per heavy atom. The summed E-state index contributed by atoms with van der Waals surface area (Å²) in [6.45, 7) is 0.457. The number of aromatic nitrogens is 4. The molecule has 6 rings (SSSR count). The Kier molecular flexibility index (Phi) is 2.82. The lowest BCUT2D eigenvalue weighted by atomic mass is 9.53. The fraction of sp³-hybridized carbons (Fsp3) is 0.929. The molecule has 23 heavy (non-hydrogen) atoms. The average Bonchev–Trinajstić information content (AvgIpc) is 3.15. The highest BCUT2D eigenvalue weighted by molar-refractivity contribution is 5.05. The lowest BCUT2D eigenvalue weighted by Gasteiger charge is -2.55. The van der Waals surface area contributed by atoms with Gasteiger partial charge in [0.05, 0.1) is 5.54 Å². The second-order valence-electron chi connectivity index (χ2n) is 7.94. The third-order valence-corrected chi connectivity index (χ3v) is 6.37. The van der Waals surface area contributed by atoms with Crippen LogP contribution in [0.4, 0.5) is 0 Å². The van der Waals surface area contributed by atoms with E-state index in [1.807, 2.05) is 4.80 Å². The maximum atomic E-state index is 11.1. The van der Waals surface area contributed by atoms with E-state index in [9.17, 15) is 10.1 Å². The molecule has 2 N–H and O–H groups in total. The van der Waals surface area contributed by atoms with E-state index in [4.69, 9.17) is 0 Å². The summed E-state index contributed by atoms with van der Waals surface area (Å²) in [5.74, 6) is 2.53. The molecular weight excluding hydrogens is 298 g/mol. The van der Waals surface area contributed by atoms with Crippen LogP contribution in [0.25, 0.3) is 0 Å².